The molecule has 0 unspecified atom stereocenters. The Morgan fingerprint density at radius 1 is 1.15 bits per heavy atom. The van der Waals surface area contributed by atoms with Crippen molar-refractivity contribution >= 4 is 34.7 Å². The van der Waals surface area contributed by atoms with E-state index in [0.717, 1.165) is 5.69 Å². The maximum absolute atomic E-state index is 14.1. The number of fused-ring (bicyclic) bond motifs is 2. The minimum absolute atomic E-state index is 0.0521. The molecule has 0 radical (unpaired) electrons. The molecule has 7 nitrogen and oxygen atoms in total. The summed E-state index contributed by atoms with van der Waals surface area (Å²) >= 11 is 0. The molecule has 1 amide bonds. The number of alkyl halides is 1. The van der Waals surface area contributed by atoms with Gasteiger partial charge in [-0.3, -0.25) is 14.4 Å². The number of para-hydroxylation sites is 1. The van der Waals surface area contributed by atoms with Crippen molar-refractivity contribution in [2.24, 2.45) is 11.3 Å². The second kappa shape index (κ2) is 6.60. The van der Waals surface area contributed by atoms with Gasteiger partial charge in [0.05, 0.1) is 22.6 Å². The van der Waals surface area contributed by atoms with Crippen LogP contribution in [0.15, 0.2) is 48.7 Å². The Balaban J connectivity index is 1.45. The Labute approximate surface area is 188 Å². The fourth-order valence-corrected chi connectivity index (χ4v) is 4.60. The van der Waals surface area contributed by atoms with Crippen molar-refractivity contribution in [2.45, 2.75) is 31.9 Å². The summed E-state index contributed by atoms with van der Waals surface area (Å²) in [7, 11) is 0. The van der Waals surface area contributed by atoms with Crippen LogP contribution in [0.2, 0.25) is 0 Å². The van der Waals surface area contributed by atoms with Gasteiger partial charge in [-0.15, -0.1) is 0 Å². The van der Waals surface area contributed by atoms with Gasteiger partial charge in [0.1, 0.15) is 5.82 Å². The number of rotatable bonds is 5. The zero-order valence-corrected chi connectivity index (χ0v) is 17.9. The van der Waals surface area contributed by atoms with Crippen LogP contribution in [0.25, 0.3) is 11.3 Å². The molecule has 8 heteroatoms. The number of amides is 1. The molecule has 1 aromatic carbocycles. The van der Waals surface area contributed by atoms with E-state index in [1.807, 2.05) is 37.3 Å². The molecule has 33 heavy (non-hydrogen) atoms. The van der Waals surface area contributed by atoms with Crippen molar-refractivity contribution in [2.75, 3.05) is 10.6 Å². The highest BCUT2D eigenvalue weighted by molar-refractivity contribution is 6.24. The summed E-state index contributed by atoms with van der Waals surface area (Å²) in [5.41, 5.74) is 0.615. The summed E-state index contributed by atoms with van der Waals surface area (Å²) in [6.07, 6.45) is 2.47. The molecule has 3 aliphatic rings. The van der Waals surface area contributed by atoms with Gasteiger partial charge in [0.25, 0.3) is 5.91 Å². The lowest BCUT2D eigenvalue weighted by atomic mass is 9.86. The minimum Gasteiger partial charge on any atom is -0.353 e. The summed E-state index contributed by atoms with van der Waals surface area (Å²) in [6.45, 7) is 1.83. The lowest BCUT2D eigenvalue weighted by Gasteiger charge is -2.17. The van der Waals surface area contributed by atoms with Crippen molar-refractivity contribution in [1.82, 2.24) is 9.97 Å². The van der Waals surface area contributed by atoms with Gasteiger partial charge in [-0.25, -0.2) is 9.37 Å². The van der Waals surface area contributed by atoms with Gasteiger partial charge in [0.15, 0.2) is 17.2 Å². The van der Waals surface area contributed by atoms with Crippen LogP contribution in [-0.4, -0.2) is 33.1 Å². The number of Topliss-reactive ketones (excluding diaryl/α,β-unsaturated/α-hetero) is 2. The number of anilines is 3. The molecule has 6 rings (SSSR count). The third kappa shape index (κ3) is 3.01. The lowest BCUT2D eigenvalue weighted by molar-refractivity contribution is -0.122. The molecule has 3 aromatic rings. The zero-order chi connectivity index (χ0) is 23.0. The van der Waals surface area contributed by atoms with Crippen LogP contribution in [-0.2, 0) is 4.79 Å². The van der Waals surface area contributed by atoms with Gasteiger partial charge >= 0.3 is 0 Å². The molecular weight excluding hydrogens is 423 g/mol. The normalized spacial score (nSPS) is 24.0. The SMILES string of the molecule is C[C@@]12C[C@@H]1C(=O)c1c([nH]c(-c3ccnc(NC(=O)C4(F)CC4)c3)c1Nc1ccccc1)C2=O. The average molecular weight is 444 g/mol. The molecule has 2 saturated carbocycles. The van der Waals surface area contributed by atoms with Crippen molar-refractivity contribution in [3.63, 3.8) is 0 Å². The second-order valence-electron chi connectivity index (χ2n) is 9.33. The van der Waals surface area contributed by atoms with Gasteiger partial charge in [0.2, 0.25) is 0 Å². The highest BCUT2D eigenvalue weighted by atomic mass is 19.1. The molecule has 2 fully saturated rings. The molecule has 0 spiro atoms. The zero-order valence-electron chi connectivity index (χ0n) is 17.9. The van der Waals surface area contributed by atoms with Crippen LogP contribution in [0.4, 0.5) is 21.6 Å². The number of carbonyl (C=O) groups excluding carboxylic acids is 3. The monoisotopic (exact) mass is 444 g/mol. The van der Waals surface area contributed by atoms with Crippen LogP contribution < -0.4 is 10.6 Å². The molecule has 2 aromatic heterocycles. The molecule has 3 aliphatic carbocycles. The standard InChI is InChI=1S/C25H21FN4O3/c1-24-12-15(24)21(31)17-19(28-14-5-3-2-4-6-14)18(30-20(17)22(24)32)13-7-10-27-16(11-13)29-23(33)25(26)8-9-25/h2-7,10-11,15,28,30H,8-9,12H2,1H3,(H,27,29,33)/t15-,24-/m1/s1. The lowest BCUT2D eigenvalue weighted by Crippen LogP contribution is -2.26. The first-order chi connectivity index (χ1) is 15.8. The number of nitrogens with one attached hydrogen (secondary N) is 3. The molecule has 0 aliphatic heterocycles. The summed E-state index contributed by atoms with van der Waals surface area (Å²) in [5, 5.41) is 5.83. The number of aromatic nitrogens is 2. The summed E-state index contributed by atoms with van der Waals surface area (Å²) in [6, 6.07) is 12.7. The number of ketones is 2. The smallest absolute Gasteiger partial charge is 0.263 e. The van der Waals surface area contributed by atoms with Gasteiger partial charge in [-0.1, -0.05) is 25.1 Å². The van der Waals surface area contributed by atoms with E-state index in [1.165, 1.54) is 6.20 Å². The topological polar surface area (TPSA) is 104 Å². The van der Waals surface area contributed by atoms with Crippen LogP contribution in [0.3, 0.4) is 0 Å². The number of halogens is 1. The second-order valence-corrected chi connectivity index (χ2v) is 9.33. The van der Waals surface area contributed by atoms with Gasteiger partial charge in [0, 0.05) is 28.8 Å². The third-order valence-electron chi connectivity index (χ3n) is 6.98. The van der Waals surface area contributed by atoms with Gasteiger partial charge in [-0.2, -0.15) is 0 Å². The van der Waals surface area contributed by atoms with E-state index in [0.29, 0.717) is 34.6 Å². The Kier molecular flexibility index (Phi) is 3.97. The van der Waals surface area contributed by atoms with E-state index < -0.39 is 17.0 Å². The Morgan fingerprint density at radius 3 is 2.64 bits per heavy atom. The van der Waals surface area contributed by atoms with Crippen molar-refractivity contribution in [1.29, 1.82) is 0 Å². The van der Waals surface area contributed by atoms with Crippen LogP contribution in [0.1, 0.15) is 47.0 Å². The van der Waals surface area contributed by atoms with Gasteiger partial charge < -0.3 is 15.6 Å². The predicted octanol–water partition coefficient (Wildman–Crippen LogP) is 4.67. The van der Waals surface area contributed by atoms with Crippen molar-refractivity contribution in [3.8, 4) is 11.3 Å². The highest BCUT2D eigenvalue weighted by Gasteiger charge is 2.64. The van der Waals surface area contributed by atoms with E-state index in [-0.39, 0.29) is 36.1 Å². The summed E-state index contributed by atoms with van der Waals surface area (Å²) < 4.78 is 14.1. The average Bonchev–Trinajstić information content (AvgIpc) is 3.69. The number of hydrogen-bond donors (Lipinski definition) is 3. The number of benzene rings is 1. The molecule has 166 valence electrons. The van der Waals surface area contributed by atoms with Crippen LogP contribution in [0.5, 0.6) is 0 Å². The number of carbonyl (C=O) groups is 3. The van der Waals surface area contributed by atoms with Crippen LogP contribution in [0, 0.1) is 11.3 Å². The minimum atomic E-state index is -1.82. The Bertz CT molecular complexity index is 1340. The molecular formula is C25H21FN4O3. The van der Waals surface area contributed by atoms with E-state index >= 15 is 0 Å². The maximum Gasteiger partial charge on any atom is 0.263 e. The summed E-state index contributed by atoms with van der Waals surface area (Å²) in [4.78, 5) is 45.9. The van der Waals surface area contributed by atoms with Crippen LogP contribution >= 0.6 is 0 Å². The molecule has 0 bridgehead atoms. The maximum atomic E-state index is 14.1. The molecule has 2 heterocycles. The number of nitrogens with zero attached hydrogens (tertiary/aromatic N) is 1. The number of pyridine rings is 1. The summed E-state index contributed by atoms with van der Waals surface area (Å²) in [5.74, 6) is -0.932. The quantitative estimate of drug-likeness (QED) is 0.531. The Morgan fingerprint density at radius 2 is 1.91 bits per heavy atom. The third-order valence-corrected chi connectivity index (χ3v) is 6.98. The molecule has 2 atom stereocenters. The molecule has 3 N–H and O–H groups in total. The fraction of sp³-hybridized carbons (Fsp3) is 0.280. The number of aromatic amines is 1. The first kappa shape index (κ1) is 19.8. The van der Waals surface area contributed by atoms with E-state index in [2.05, 4.69) is 20.6 Å². The Hall–Kier alpha value is -3.81. The largest absolute Gasteiger partial charge is 0.353 e. The molecule has 0 saturated heterocycles. The fourth-order valence-electron chi connectivity index (χ4n) is 4.60. The van der Waals surface area contributed by atoms with E-state index in [1.54, 1.807) is 12.1 Å². The first-order valence-corrected chi connectivity index (χ1v) is 10.9. The first-order valence-electron chi connectivity index (χ1n) is 10.9. The van der Waals surface area contributed by atoms with Crippen molar-refractivity contribution in [3.05, 3.63) is 59.9 Å². The van der Waals surface area contributed by atoms with E-state index in [9.17, 15) is 18.8 Å². The van der Waals surface area contributed by atoms with Crippen molar-refractivity contribution < 1.29 is 18.8 Å². The number of hydrogen-bond acceptors (Lipinski definition) is 5. The van der Waals surface area contributed by atoms with E-state index in [4.69, 9.17) is 0 Å². The predicted molar refractivity (Wildman–Crippen MR) is 120 cm³/mol. The number of H-pyrrole nitrogens is 1. The highest BCUT2D eigenvalue weighted by Crippen LogP contribution is 2.60. The van der Waals surface area contributed by atoms with Gasteiger partial charge in [-0.05, 0) is 43.5 Å².